The van der Waals surface area contributed by atoms with Crippen LogP contribution < -0.4 is 5.32 Å². The fourth-order valence-corrected chi connectivity index (χ4v) is 5.69. The Morgan fingerprint density at radius 2 is 1.71 bits per heavy atom. The van der Waals surface area contributed by atoms with E-state index in [0.717, 1.165) is 35.1 Å². The molecule has 178 valence electrons. The van der Waals surface area contributed by atoms with Gasteiger partial charge in [-0.15, -0.1) is 0 Å². The lowest BCUT2D eigenvalue weighted by Gasteiger charge is -2.24. The van der Waals surface area contributed by atoms with Crippen LogP contribution in [0, 0.1) is 11.3 Å². The van der Waals surface area contributed by atoms with Gasteiger partial charge in [0.2, 0.25) is 5.91 Å². The van der Waals surface area contributed by atoms with Crippen LogP contribution in [0.25, 0.3) is 11.1 Å². The van der Waals surface area contributed by atoms with Crippen LogP contribution in [0.15, 0.2) is 48.5 Å². The fraction of sp³-hybridized carbons (Fsp3) is 0.444. The van der Waals surface area contributed by atoms with E-state index in [1.165, 1.54) is 0 Å². The molecule has 2 N–H and O–H groups in total. The number of carbonyl (C=O) groups is 3. The first-order valence-electron chi connectivity index (χ1n) is 12.1. The van der Waals surface area contributed by atoms with Gasteiger partial charge in [-0.25, -0.2) is 4.79 Å². The number of hydrogen-bond acceptors (Lipinski definition) is 4. The van der Waals surface area contributed by atoms with Gasteiger partial charge in [0, 0.05) is 24.4 Å². The number of nitrogens with one attached hydrogen (secondary N) is 1. The van der Waals surface area contributed by atoms with Gasteiger partial charge >= 0.3 is 12.1 Å². The average molecular weight is 463 g/mol. The standard InChI is InChI=1S/C27H30N2O5/c1-2-7-23(24(30)29-14-22(25(31)32)27(16-29)12-13-27)28-26(33)34-15-21-19-10-5-3-8-17(19)18-9-4-6-11-20(18)21/h3-6,8-11,21-23H,2,7,12-16H2,1H3,(H,28,33)(H,31,32)/t22?,23-/m0/s1. The summed E-state index contributed by atoms with van der Waals surface area (Å²) in [6.07, 6.45) is 2.24. The number of fused-ring (bicyclic) bond motifs is 3. The molecule has 2 aromatic rings. The van der Waals surface area contributed by atoms with E-state index in [1.54, 1.807) is 4.90 Å². The van der Waals surface area contributed by atoms with Gasteiger partial charge in [-0.3, -0.25) is 9.59 Å². The summed E-state index contributed by atoms with van der Waals surface area (Å²) in [4.78, 5) is 39.2. The van der Waals surface area contributed by atoms with Crippen molar-refractivity contribution in [3.8, 4) is 11.1 Å². The van der Waals surface area contributed by atoms with Gasteiger partial charge in [0.1, 0.15) is 12.6 Å². The molecule has 7 heteroatoms. The largest absolute Gasteiger partial charge is 0.481 e. The Morgan fingerprint density at radius 1 is 1.09 bits per heavy atom. The minimum Gasteiger partial charge on any atom is -0.481 e. The average Bonchev–Trinajstić information content (AvgIpc) is 3.38. The van der Waals surface area contributed by atoms with Crippen molar-refractivity contribution in [1.82, 2.24) is 10.2 Å². The molecule has 2 amide bonds. The van der Waals surface area contributed by atoms with Gasteiger partial charge in [-0.2, -0.15) is 0 Å². The van der Waals surface area contributed by atoms with Crippen molar-refractivity contribution in [2.45, 2.75) is 44.6 Å². The molecule has 2 aromatic carbocycles. The third kappa shape index (κ3) is 3.93. The Bertz CT molecular complexity index is 1080. The number of aliphatic carboxylic acids is 1. The highest BCUT2D eigenvalue weighted by atomic mass is 16.5. The quantitative estimate of drug-likeness (QED) is 0.648. The van der Waals surface area contributed by atoms with Crippen molar-refractivity contribution >= 4 is 18.0 Å². The topological polar surface area (TPSA) is 95.9 Å². The second kappa shape index (κ2) is 8.78. The van der Waals surface area contributed by atoms with Crippen LogP contribution in [0.1, 0.15) is 49.7 Å². The molecular weight excluding hydrogens is 432 g/mol. The predicted octanol–water partition coefficient (Wildman–Crippen LogP) is 4.02. The van der Waals surface area contributed by atoms with E-state index in [0.29, 0.717) is 19.4 Å². The lowest BCUT2D eigenvalue weighted by atomic mass is 9.93. The van der Waals surface area contributed by atoms with Gasteiger partial charge in [-0.1, -0.05) is 61.9 Å². The highest BCUT2D eigenvalue weighted by molar-refractivity contribution is 5.87. The number of rotatable bonds is 7. The van der Waals surface area contributed by atoms with Gasteiger partial charge in [0.05, 0.1) is 5.92 Å². The summed E-state index contributed by atoms with van der Waals surface area (Å²) in [6.45, 7) is 2.79. The number of benzene rings is 2. The minimum absolute atomic E-state index is 0.0527. The fourth-order valence-electron chi connectivity index (χ4n) is 5.69. The number of likely N-dealkylation sites (tertiary alicyclic amines) is 1. The molecule has 1 unspecified atom stereocenters. The highest BCUT2D eigenvalue weighted by Crippen LogP contribution is 2.56. The van der Waals surface area contributed by atoms with Crippen LogP contribution in [0.2, 0.25) is 0 Å². The number of hydrogen-bond donors (Lipinski definition) is 2. The summed E-state index contributed by atoms with van der Waals surface area (Å²) < 4.78 is 5.63. The van der Waals surface area contributed by atoms with Gasteiger partial charge < -0.3 is 20.1 Å². The molecule has 1 saturated carbocycles. The highest BCUT2D eigenvalue weighted by Gasteiger charge is 2.59. The molecular formula is C27H30N2O5. The van der Waals surface area contributed by atoms with Crippen LogP contribution in [-0.2, 0) is 14.3 Å². The van der Waals surface area contributed by atoms with Crippen LogP contribution in [0.5, 0.6) is 0 Å². The number of alkyl carbamates (subject to hydrolysis) is 1. The molecule has 1 aliphatic heterocycles. The van der Waals surface area contributed by atoms with Crippen LogP contribution >= 0.6 is 0 Å². The smallest absolute Gasteiger partial charge is 0.407 e. The van der Waals surface area contributed by atoms with Gasteiger partial charge in [0.25, 0.3) is 0 Å². The zero-order valence-corrected chi connectivity index (χ0v) is 19.3. The summed E-state index contributed by atoms with van der Waals surface area (Å²) in [5.41, 5.74) is 4.29. The number of amides is 2. The second-order valence-electron chi connectivity index (χ2n) is 9.78. The number of carbonyl (C=O) groups excluding carboxylic acids is 2. The lowest BCUT2D eigenvalue weighted by molar-refractivity contribution is -0.143. The third-order valence-corrected chi connectivity index (χ3v) is 7.66. The molecule has 1 saturated heterocycles. The first-order chi connectivity index (χ1) is 16.4. The maximum Gasteiger partial charge on any atom is 0.407 e. The summed E-state index contributed by atoms with van der Waals surface area (Å²) in [6, 6.07) is 15.5. The van der Waals surface area contributed by atoms with E-state index in [-0.39, 0.29) is 30.4 Å². The Kier molecular flexibility index (Phi) is 5.80. The van der Waals surface area contributed by atoms with Crippen LogP contribution in [-0.4, -0.2) is 53.7 Å². The van der Waals surface area contributed by atoms with E-state index < -0.39 is 24.0 Å². The van der Waals surface area contributed by atoms with Crippen molar-refractivity contribution in [2.24, 2.45) is 11.3 Å². The van der Waals surface area contributed by atoms with E-state index >= 15 is 0 Å². The first-order valence-corrected chi connectivity index (χ1v) is 12.1. The second-order valence-corrected chi connectivity index (χ2v) is 9.78. The van der Waals surface area contributed by atoms with Crippen molar-refractivity contribution in [3.05, 3.63) is 59.7 Å². The predicted molar refractivity (Wildman–Crippen MR) is 126 cm³/mol. The normalized spacial score (nSPS) is 20.5. The van der Waals surface area contributed by atoms with Crippen LogP contribution in [0.3, 0.4) is 0 Å². The van der Waals surface area contributed by atoms with E-state index in [9.17, 15) is 19.5 Å². The Balaban J connectivity index is 1.24. The number of nitrogens with zero attached hydrogens (tertiary/aromatic N) is 1. The molecule has 5 rings (SSSR count). The zero-order chi connectivity index (χ0) is 23.9. The van der Waals surface area contributed by atoms with Crippen LogP contribution in [0.4, 0.5) is 4.79 Å². The van der Waals surface area contributed by atoms with E-state index in [4.69, 9.17) is 4.74 Å². The number of ether oxygens (including phenoxy) is 1. The van der Waals surface area contributed by atoms with Gasteiger partial charge in [0.15, 0.2) is 0 Å². The lowest BCUT2D eigenvalue weighted by Crippen LogP contribution is -2.48. The maximum absolute atomic E-state index is 13.2. The van der Waals surface area contributed by atoms with E-state index in [2.05, 4.69) is 29.6 Å². The Morgan fingerprint density at radius 3 is 2.24 bits per heavy atom. The van der Waals surface area contributed by atoms with Gasteiger partial charge in [-0.05, 0) is 41.5 Å². The molecule has 34 heavy (non-hydrogen) atoms. The Labute approximate surface area is 199 Å². The SMILES string of the molecule is CCC[C@H](NC(=O)OCC1c2ccccc2-c2ccccc21)C(=O)N1CC(C(=O)O)C2(CC2)C1. The maximum atomic E-state index is 13.2. The Hall–Kier alpha value is -3.35. The molecule has 2 atom stereocenters. The third-order valence-electron chi connectivity index (χ3n) is 7.66. The first kappa shape index (κ1) is 22.4. The number of carboxylic acid groups (broad SMARTS) is 1. The molecule has 3 aliphatic rings. The summed E-state index contributed by atoms with van der Waals surface area (Å²) in [5, 5.41) is 12.3. The van der Waals surface area contributed by atoms with Crippen molar-refractivity contribution in [1.29, 1.82) is 0 Å². The molecule has 1 heterocycles. The van der Waals surface area contributed by atoms with E-state index in [1.807, 2.05) is 31.2 Å². The van der Waals surface area contributed by atoms with Crippen molar-refractivity contribution < 1.29 is 24.2 Å². The molecule has 1 spiro atoms. The summed E-state index contributed by atoms with van der Waals surface area (Å²) in [7, 11) is 0. The summed E-state index contributed by atoms with van der Waals surface area (Å²) in [5.74, 6) is -1.63. The molecule has 2 aliphatic carbocycles. The molecule has 2 fully saturated rings. The monoisotopic (exact) mass is 462 g/mol. The molecule has 7 nitrogen and oxygen atoms in total. The molecule has 0 radical (unpaired) electrons. The number of carboxylic acids is 1. The van der Waals surface area contributed by atoms with Crippen molar-refractivity contribution in [3.63, 3.8) is 0 Å². The summed E-state index contributed by atoms with van der Waals surface area (Å²) >= 11 is 0. The van der Waals surface area contributed by atoms with Crippen molar-refractivity contribution in [2.75, 3.05) is 19.7 Å². The zero-order valence-electron chi connectivity index (χ0n) is 19.3. The molecule has 0 aromatic heterocycles. The minimum atomic E-state index is -0.843. The molecule has 0 bridgehead atoms.